The molecule has 4 N–H and O–H groups in total. The summed E-state index contributed by atoms with van der Waals surface area (Å²) in [5.41, 5.74) is 1.31. The van der Waals surface area contributed by atoms with Gasteiger partial charge in [0.05, 0.1) is 6.10 Å². The van der Waals surface area contributed by atoms with E-state index in [1.807, 2.05) is 13.8 Å². The number of amides is 1. The summed E-state index contributed by atoms with van der Waals surface area (Å²) in [6.45, 7) is 3.64. The van der Waals surface area contributed by atoms with Gasteiger partial charge in [-0.15, -0.1) is 0 Å². The SMILES string of the molecule is CC(C)(CC/C=C/C(=O)NO)[C@@H](O)c1ccc(O)c(F)c1. The van der Waals surface area contributed by atoms with E-state index in [0.717, 1.165) is 6.07 Å². The molecule has 0 saturated heterocycles. The van der Waals surface area contributed by atoms with Crippen LogP contribution in [0.4, 0.5) is 4.39 Å². The largest absolute Gasteiger partial charge is 0.505 e. The molecule has 1 aromatic rings. The number of aromatic hydroxyl groups is 1. The molecule has 1 rings (SSSR count). The lowest BCUT2D eigenvalue weighted by atomic mass is 9.79. The number of halogens is 1. The number of aliphatic hydroxyl groups excluding tert-OH is 1. The van der Waals surface area contributed by atoms with Crippen molar-refractivity contribution in [1.82, 2.24) is 5.48 Å². The molecule has 0 spiro atoms. The van der Waals surface area contributed by atoms with Crippen LogP contribution in [-0.2, 0) is 4.79 Å². The topological polar surface area (TPSA) is 89.8 Å². The maximum atomic E-state index is 13.3. The number of carbonyl (C=O) groups excluding carboxylic acids is 1. The van der Waals surface area contributed by atoms with Crippen molar-refractivity contribution in [3.8, 4) is 5.75 Å². The summed E-state index contributed by atoms with van der Waals surface area (Å²) >= 11 is 0. The quantitative estimate of drug-likeness (QED) is 0.369. The molecule has 0 aliphatic carbocycles. The van der Waals surface area contributed by atoms with Crippen LogP contribution in [0.2, 0.25) is 0 Å². The van der Waals surface area contributed by atoms with E-state index < -0.39 is 29.0 Å². The molecule has 5 nitrogen and oxygen atoms in total. The van der Waals surface area contributed by atoms with Gasteiger partial charge >= 0.3 is 0 Å². The molecule has 1 atom stereocenters. The molecule has 6 heteroatoms. The van der Waals surface area contributed by atoms with Crippen molar-refractivity contribution in [2.24, 2.45) is 5.41 Å². The Morgan fingerprint density at radius 1 is 1.48 bits per heavy atom. The second-order valence-electron chi connectivity index (χ2n) is 5.52. The molecule has 0 heterocycles. The van der Waals surface area contributed by atoms with E-state index >= 15 is 0 Å². The predicted molar refractivity (Wildman–Crippen MR) is 75.1 cm³/mol. The highest BCUT2D eigenvalue weighted by atomic mass is 19.1. The van der Waals surface area contributed by atoms with Crippen LogP contribution in [-0.4, -0.2) is 21.3 Å². The van der Waals surface area contributed by atoms with Gasteiger partial charge in [0.2, 0.25) is 0 Å². The minimum Gasteiger partial charge on any atom is -0.505 e. The summed E-state index contributed by atoms with van der Waals surface area (Å²) in [5, 5.41) is 27.8. The van der Waals surface area contributed by atoms with Gasteiger partial charge in [0.25, 0.3) is 5.91 Å². The van der Waals surface area contributed by atoms with Gasteiger partial charge in [-0.25, -0.2) is 9.87 Å². The van der Waals surface area contributed by atoms with Crippen LogP contribution in [0, 0.1) is 11.2 Å². The van der Waals surface area contributed by atoms with E-state index in [4.69, 9.17) is 10.3 Å². The summed E-state index contributed by atoms with van der Waals surface area (Å²) in [6.07, 6.45) is 2.93. The number of carbonyl (C=O) groups is 1. The molecule has 0 bridgehead atoms. The molecule has 0 aromatic heterocycles. The average molecular weight is 297 g/mol. The fourth-order valence-corrected chi connectivity index (χ4v) is 1.96. The molecular weight excluding hydrogens is 277 g/mol. The molecule has 116 valence electrons. The van der Waals surface area contributed by atoms with Gasteiger partial charge in [-0.05, 0) is 36.0 Å². The van der Waals surface area contributed by atoms with Gasteiger partial charge < -0.3 is 10.2 Å². The lowest BCUT2D eigenvalue weighted by Crippen LogP contribution is -2.22. The molecule has 0 aliphatic heterocycles. The summed E-state index contributed by atoms with van der Waals surface area (Å²) in [4.78, 5) is 10.8. The second kappa shape index (κ2) is 7.19. The van der Waals surface area contributed by atoms with Crippen LogP contribution in [0.15, 0.2) is 30.4 Å². The van der Waals surface area contributed by atoms with Crippen LogP contribution in [0.1, 0.15) is 38.4 Å². The number of phenolic OH excluding ortho intramolecular Hbond substituents is 1. The Bertz CT molecular complexity index is 528. The lowest BCUT2D eigenvalue weighted by molar-refractivity contribution is -0.124. The lowest BCUT2D eigenvalue weighted by Gasteiger charge is -2.30. The van der Waals surface area contributed by atoms with Gasteiger partial charge in [0.15, 0.2) is 11.6 Å². The number of hydrogen-bond donors (Lipinski definition) is 4. The summed E-state index contributed by atoms with van der Waals surface area (Å²) in [5.74, 6) is -1.85. The summed E-state index contributed by atoms with van der Waals surface area (Å²) in [6, 6.07) is 3.78. The predicted octanol–water partition coefficient (Wildman–Crippen LogP) is 2.43. The molecule has 21 heavy (non-hydrogen) atoms. The van der Waals surface area contributed by atoms with Gasteiger partial charge in [-0.3, -0.25) is 10.0 Å². The number of benzene rings is 1. The molecule has 1 aromatic carbocycles. The van der Waals surface area contributed by atoms with E-state index in [2.05, 4.69) is 0 Å². The highest BCUT2D eigenvalue weighted by Crippen LogP contribution is 2.38. The van der Waals surface area contributed by atoms with Crippen molar-refractivity contribution in [1.29, 1.82) is 0 Å². The maximum absolute atomic E-state index is 13.3. The van der Waals surface area contributed by atoms with Gasteiger partial charge in [-0.1, -0.05) is 26.0 Å². The van der Waals surface area contributed by atoms with Crippen molar-refractivity contribution in [2.45, 2.75) is 32.8 Å². The average Bonchev–Trinajstić information content (AvgIpc) is 2.45. The third-order valence-corrected chi connectivity index (χ3v) is 3.36. The highest BCUT2D eigenvalue weighted by Gasteiger charge is 2.28. The van der Waals surface area contributed by atoms with E-state index in [1.165, 1.54) is 23.7 Å². The number of allylic oxidation sites excluding steroid dienone is 1. The Morgan fingerprint density at radius 2 is 2.14 bits per heavy atom. The zero-order chi connectivity index (χ0) is 16.0. The van der Waals surface area contributed by atoms with Crippen molar-refractivity contribution in [3.05, 3.63) is 41.7 Å². The van der Waals surface area contributed by atoms with E-state index in [1.54, 1.807) is 6.08 Å². The maximum Gasteiger partial charge on any atom is 0.267 e. The third-order valence-electron chi connectivity index (χ3n) is 3.36. The summed E-state index contributed by atoms with van der Waals surface area (Å²) in [7, 11) is 0. The van der Waals surface area contributed by atoms with E-state index in [0.29, 0.717) is 18.4 Å². The fourth-order valence-electron chi connectivity index (χ4n) is 1.96. The van der Waals surface area contributed by atoms with Crippen molar-refractivity contribution < 1.29 is 24.6 Å². The minimum atomic E-state index is -0.910. The zero-order valence-corrected chi connectivity index (χ0v) is 12.0. The molecular formula is C15H20FNO4. The Labute approximate surface area is 122 Å². The number of rotatable bonds is 6. The van der Waals surface area contributed by atoms with Gasteiger partial charge in [0, 0.05) is 6.08 Å². The first-order chi connectivity index (χ1) is 9.77. The third kappa shape index (κ3) is 4.84. The van der Waals surface area contributed by atoms with Gasteiger partial charge in [-0.2, -0.15) is 0 Å². The molecule has 0 fully saturated rings. The highest BCUT2D eigenvalue weighted by molar-refractivity contribution is 5.86. The standard InChI is InChI=1S/C15H20FNO4/c1-15(2,8-4-3-5-13(19)17-21)14(20)10-6-7-12(18)11(16)9-10/h3,5-7,9,14,18,20-21H,4,8H2,1-2H3,(H,17,19)/b5-3+/t14-/m0/s1. The number of nitrogens with one attached hydrogen (secondary N) is 1. The van der Waals surface area contributed by atoms with Crippen molar-refractivity contribution >= 4 is 5.91 Å². The molecule has 0 aliphatic rings. The zero-order valence-electron chi connectivity index (χ0n) is 12.0. The van der Waals surface area contributed by atoms with E-state index in [9.17, 15) is 14.3 Å². The fraction of sp³-hybridized carbons (Fsp3) is 0.400. The number of hydrogen-bond acceptors (Lipinski definition) is 4. The second-order valence-corrected chi connectivity index (χ2v) is 5.52. The van der Waals surface area contributed by atoms with Crippen LogP contribution < -0.4 is 5.48 Å². The Morgan fingerprint density at radius 3 is 2.71 bits per heavy atom. The normalized spacial score (nSPS) is 13.4. The van der Waals surface area contributed by atoms with Crippen LogP contribution in [0.25, 0.3) is 0 Å². The molecule has 0 radical (unpaired) electrons. The Kier molecular flexibility index (Phi) is 5.87. The van der Waals surface area contributed by atoms with Crippen LogP contribution in [0.5, 0.6) is 5.75 Å². The first-order valence-corrected chi connectivity index (χ1v) is 6.55. The monoisotopic (exact) mass is 297 g/mol. The van der Waals surface area contributed by atoms with E-state index in [-0.39, 0.29) is 0 Å². The Hall–Kier alpha value is -1.92. The van der Waals surface area contributed by atoms with Crippen molar-refractivity contribution in [2.75, 3.05) is 0 Å². The molecule has 0 unspecified atom stereocenters. The van der Waals surface area contributed by atoms with Crippen molar-refractivity contribution in [3.63, 3.8) is 0 Å². The minimum absolute atomic E-state index is 0.382. The number of phenols is 1. The van der Waals surface area contributed by atoms with Crippen LogP contribution >= 0.6 is 0 Å². The smallest absolute Gasteiger partial charge is 0.267 e. The number of hydroxylamine groups is 1. The van der Waals surface area contributed by atoms with Gasteiger partial charge in [0.1, 0.15) is 0 Å². The Balaban J connectivity index is 2.70. The molecule has 0 saturated carbocycles. The first-order valence-electron chi connectivity index (χ1n) is 6.55. The first kappa shape index (κ1) is 17.1. The summed E-state index contributed by atoms with van der Waals surface area (Å²) < 4.78 is 13.3. The number of aliphatic hydroxyl groups is 1. The molecule has 1 amide bonds. The van der Waals surface area contributed by atoms with Crippen LogP contribution in [0.3, 0.4) is 0 Å².